The zero-order valence-electron chi connectivity index (χ0n) is 18.5. The van der Waals surface area contributed by atoms with Gasteiger partial charge in [-0.3, -0.25) is 4.79 Å². The lowest BCUT2D eigenvalue weighted by atomic mass is 9.94. The van der Waals surface area contributed by atoms with Crippen molar-refractivity contribution < 1.29 is 22.5 Å². The maximum Gasteiger partial charge on any atom is 0.471 e. The fraction of sp³-hybridized carbons (Fsp3) is 0.261. The van der Waals surface area contributed by atoms with E-state index in [1.165, 1.54) is 35.1 Å². The quantitative estimate of drug-likeness (QED) is 0.397. The number of aromatic nitrogens is 4. The summed E-state index contributed by atoms with van der Waals surface area (Å²) in [5.41, 5.74) is 2.60. The topological polar surface area (TPSA) is 93.8 Å². The van der Waals surface area contributed by atoms with Gasteiger partial charge in [-0.25, -0.2) is 9.97 Å². The van der Waals surface area contributed by atoms with Crippen LogP contribution >= 0.6 is 11.3 Å². The van der Waals surface area contributed by atoms with E-state index in [1.54, 1.807) is 0 Å². The monoisotopic (exact) mass is 487 g/mol. The summed E-state index contributed by atoms with van der Waals surface area (Å²) in [4.78, 5) is 24.8. The number of nitrogens with one attached hydrogen (secondary N) is 1. The molecule has 7 nitrogen and oxygen atoms in total. The molecule has 4 rings (SSSR count). The molecule has 4 aromatic rings. The minimum atomic E-state index is -4.76. The number of aryl methyl sites for hydroxylation is 1. The van der Waals surface area contributed by atoms with Crippen LogP contribution in [-0.2, 0) is 11.6 Å². The second-order valence-electron chi connectivity index (χ2n) is 8.30. The summed E-state index contributed by atoms with van der Waals surface area (Å²) in [5.74, 6) is -2.31. The van der Waals surface area contributed by atoms with Gasteiger partial charge >= 0.3 is 12.1 Å². The molecule has 0 fully saturated rings. The highest BCUT2D eigenvalue weighted by Gasteiger charge is 2.38. The maximum absolute atomic E-state index is 12.7. The molecule has 0 saturated heterocycles. The number of amides is 1. The van der Waals surface area contributed by atoms with Crippen LogP contribution in [0.25, 0.3) is 22.8 Å². The van der Waals surface area contributed by atoms with Crippen LogP contribution < -0.4 is 5.32 Å². The van der Waals surface area contributed by atoms with E-state index < -0.39 is 23.4 Å². The molecule has 0 saturated carbocycles. The SMILES string of the molecule is Cc1ccc(-c2csc(C(C)(C)CNC(=O)c3cccc(-c4noc(C(F)(F)F)n4)n3)n2)cc1. The Labute approximate surface area is 197 Å². The molecule has 34 heavy (non-hydrogen) atoms. The Balaban J connectivity index is 1.45. The van der Waals surface area contributed by atoms with Crippen molar-refractivity contribution in [3.8, 4) is 22.8 Å². The summed E-state index contributed by atoms with van der Waals surface area (Å²) in [5, 5.41) is 8.97. The number of benzene rings is 1. The van der Waals surface area contributed by atoms with Gasteiger partial charge < -0.3 is 9.84 Å². The average molecular weight is 488 g/mol. The maximum atomic E-state index is 12.7. The summed E-state index contributed by atoms with van der Waals surface area (Å²) in [6.45, 7) is 6.23. The van der Waals surface area contributed by atoms with Gasteiger partial charge in [0.1, 0.15) is 16.4 Å². The number of carbonyl (C=O) groups excluding carboxylic acids is 1. The first-order chi connectivity index (χ1) is 16.0. The number of alkyl halides is 3. The van der Waals surface area contributed by atoms with Crippen molar-refractivity contribution in [2.75, 3.05) is 6.54 Å². The summed E-state index contributed by atoms with van der Waals surface area (Å²) in [7, 11) is 0. The zero-order valence-corrected chi connectivity index (χ0v) is 19.3. The molecule has 1 amide bonds. The Hall–Kier alpha value is -3.60. The predicted molar refractivity (Wildman–Crippen MR) is 120 cm³/mol. The van der Waals surface area contributed by atoms with Gasteiger partial charge in [0.25, 0.3) is 5.91 Å². The van der Waals surface area contributed by atoms with Crippen LogP contribution in [0.4, 0.5) is 13.2 Å². The van der Waals surface area contributed by atoms with E-state index in [1.807, 2.05) is 50.4 Å². The van der Waals surface area contributed by atoms with Crippen molar-refractivity contribution >= 4 is 17.2 Å². The van der Waals surface area contributed by atoms with Gasteiger partial charge in [-0.05, 0) is 19.1 Å². The summed E-state index contributed by atoms with van der Waals surface area (Å²) in [6.07, 6.45) is -4.76. The molecule has 1 aromatic carbocycles. The van der Waals surface area contributed by atoms with Crippen LogP contribution in [-0.4, -0.2) is 32.6 Å². The van der Waals surface area contributed by atoms with E-state index in [9.17, 15) is 18.0 Å². The lowest BCUT2D eigenvalue weighted by molar-refractivity contribution is -0.159. The highest BCUT2D eigenvalue weighted by molar-refractivity contribution is 7.10. The van der Waals surface area contributed by atoms with Gasteiger partial charge in [0.05, 0.1) is 5.69 Å². The number of halogens is 3. The number of carbonyl (C=O) groups is 1. The van der Waals surface area contributed by atoms with E-state index in [2.05, 4.69) is 25.0 Å². The van der Waals surface area contributed by atoms with E-state index >= 15 is 0 Å². The molecule has 0 unspecified atom stereocenters. The lowest BCUT2D eigenvalue weighted by Gasteiger charge is -2.22. The Morgan fingerprint density at radius 2 is 1.76 bits per heavy atom. The highest BCUT2D eigenvalue weighted by atomic mass is 32.1. The molecule has 0 bridgehead atoms. The summed E-state index contributed by atoms with van der Waals surface area (Å²) in [6, 6.07) is 12.4. The zero-order chi connectivity index (χ0) is 24.5. The van der Waals surface area contributed by atoms with Gasteiger partial charge in [-0.2, -0.15) is 18.2 Å². The molecule has 0 aliphatic rings. The number of pyridine rings is 1. The first-order valence-corrected chi connectivity index (χ1v) is 11.1. The first-order valence-electron chi connectivity index (χ1n) is 10.2. The Bertz CT molecular complexity index is 1310. The van der Waals surface area contributed by atoms with E-state index in [0.717, 1.165) is 16.3 Å². The van der Waals surface area contributed by atoms with Crippen LogP contribution in [0.5, 0.6) is 0 Å². The van der Waals surface area contributed by atoms with Gasteiger partial charge in [0, 0.05) is 22.9 Å². The van der Waals surface area contributed by atoms with Crippen LogP contribution in [0.15, 0.2) is 52.4 Å². The first kappa shape index (κ1) is 23.6. The molecule has 0 spiro atoms. The predicted octanol–water partition coefficient (Wildman–Crippen LogP) is 5.29. The molecule has 11 heteroatoms. The Morgan fingerprint density at radius 3 is 2.44 bits per heavy atom. The fourth-order valence-electron chi connectivity index (χ4n) is 3.04. The molecule has 0 aliphatic heterocycles. The average Bonchev–Trinajstić information content (AvgIpc) is 3.49. The number of rotatable bonds is 6. The van der Waals surface area contributed by atoms with Gasteiger partial charge in [0.15, 0.2) is 0 Å². The van der Waals surface area contributed by atoms with Crippen molar-refractivity contribution in [3.63, 3.8) is 0 Å². The molecule has 1 N–H and O–H groups in total. The smallest absolute Gasteiger partial charge is 0.350 e. The molecule has 0 atom stereocenters. The summed E-state index contributed by atoms with van der Waals surface area (Å²) >= 11 is 1.51. The highest BCUT2D eigenvalue weighted by Crippen LogP contribution is 2.31. The Kier molecular flexibility index (Phi) is 6.22. The van der Waals surface area contributed by atoms with Crippen molar-refractivity contribution in [3.05, 3.63) is 70.0 Å². The van der Waals surface area contributed by atoms with Crippen LogP contribution in [0.1, 0.15) is 40.8 Å². The standard InChI is InChI=1S/C23H20F3N5O2S/c1-13-7-9-14(10-8-13)17-11-34-21(29-17)22(2,3)12-27-19(32)16-6-4-5-15(28-16)18-30-20(33-31-18)23(24,25)26/h4-11H,12H2,1-3H3,(H,27,32). The second-order valence-corrected chi connectivity index (χ2v) is 9.16. The fourth-order valence-corrected chi connectivity index (χ4v) is 3.99. The van der Waals surface area contributed by atoms with Crippen LogP contribution in [0.3, 0.4) is 0 Å². The van der Waals surface area contributed by atoms with Gasteiger partial charge in [-0.1, -0.05) is 54.9 Å². The number of hydrogen-bond acceptors (Lipinski definition) is 7. The van der Waals surface area contributed by atoms with E-state index in [0.29, 0.717) is 0 Å². The largest absolute Gasteiger partial charge is 0.471 e. The second kappa shape index (κ2) is 8.98. The molecule has 176 valence electrons. The van der Waals surface area contributed by atoms with Crippen molar-refractivity contribution in [2.24, 2.45) is 0 Å². The van der Waals surface area contributed by atoms with Crippen LogP contribution in [0.2, 0.25) is 0 Å². The molecule has 0 aliphatic carbocycles. The minimum Gasteiger partial charge on any atom is -0.350 e. The van der Waals surface area contributed by atoms with E-state index in [-0.39, 0.29) is 23.8 Å². The molecule has 3 aromatic heterocycles. The van der Waals surface area contributed by atoms with Gasteiger partial charge in [0.2, 0.25) is 5.82 Å². The molecule has 3 heterocycles. The summed E-state index contributed by atoms with van der Waals surface area (Å²) < 4.78 is 42.3. The number of thiazole rings is 1. The van der Waals surface area contributed by atoms with Crippen LogP contribution in [0, 0.1) is 6.92 Å². The third kappa shape index (κ3) is 5.14. The Morgan fingerprint density at radius 1 is 1.03 bits per heavy atom. The number of hydrogen-bond donors (Lipinski definition) is 1. The number of nitrogens with zero attached hydrogens (tertiary/aromatic N) is 4. The van der Waals surface area contributed by atoms with Crippen molar-refractivity contribution in [1.29, 1.82) is 0 Å². The molecular weight excluding hydrogens is 467 g/mol. The lowest BCUT2D eigenvalue weighted by Crippen LogP contribution is -2.37. The van der Waals surface area contributed by atoms with E-state index in [4.69, 9.17) is 4.98 Å². The normalized spacial score (nSPS) is 12.1. The molecule has 0 radical (unpaired) electrons. The van der Waals surface area contributed by atoms with Gasteiger partial charge in [-0.15, -0.1) is 11.3 Å². The van der Waals surface area contributed by atoms with Crippen molar-refractivity contribution in [2.45, 2.75) is 32.4 Å². The minimum absolute atomic E-state index is 0.00572. The third-order valence-electron chi connectivity index (χ3n) is 5.00. The molecular formula is C23H20F3N5O2S. The van der Waals surface area contributed by atoms with Crippen molar-refractivity contribution in [1.82, 2.24) is 25.4 Å². The third-order valence-corrected chi connectivity index (χ3v) is 6.21.